The zero-order valence-electron chi connectivity index (χ0n) is 11.7. The minimum Gasteiger partial charge on any atom is -0.387 e. The summed E-state index contributed by atoms with van der Waals surface area (Å²) in [4.78, 5) is 0. The summed E-state index contributed by atoms with van der Waals surface area (Å²) in [5.74, 6) is 0. The fourth-order valence-corrected chi connectivity index (χ4v) is 2.66. The zero-order chi connectivity index (χ0) is 13.5. The summed E-state index contributed by atoms with van der Waals surface area (Å²) in [7, 11) is 0. The van der Waals surface area contributed by atoms with Crippen molar-refractivity contribution in [3.63, 3.8) is 0 Å². The highest BCUT2D eigenvalue weighted by molar-refractivity contribution is 5.17. The predicted octanol–water partition coefficient (Wildman–Crippen LogP) is 2.66. The number of ether oxygens (including phenoxy) is 1. The molecule has 106 valence electrons. The fourth-order valence-electron chi connectivity index (χ4n) is 2.66. The molecule has 3 unspecified atom stereocenters. The van der Waals surface area contributed by atoms with E-state index >= 15 is 0 Å². The second kappa shape index (κ2) is 7.63. The van der Waals surface area contributed by atoms with Gasteiger partial charge >= 0.3 is 0 Å². The Morgan fingerprint density at radius 1 is 1.37 bits per heavy atom. The van der Waals surface area contributed by atoms with E-state index in [1.54, 1.807) is 0 Å². The van der Waals surface area contributed by atoms with E-state index in [9.17, 15) is 5.11 Å². The molecular weight excluding hydrogens is 238 g/mol. The molecule has 3 heteroatoms. The molecule has 1 heterocycles. The molecule has 2 N–H and O–H groups in total. The van der Waals surface area contributed by atoms with Crippen LogP contribution in [0.25, 0.3) is 0 Å². The number of aliphatic hydroxyl groups is 1. The molecule has 3 nitrogen and oxygen atoms in total. The van der Waals surface area contributed by atoms with Crippen molar-refractivity contribution in [1.29, 1.82) is 0 Å². The lowest BCUT2D eigenvalue weighted by Crippen LogP contribution is -2.40. The molecule has 1 aliphatic rings. The normalized spacial score (nSPS) is 25.2. The van der Waals surface area contributed by atoms with Crippen LogP contribution in [0.4, 0.5) is 0 Å². The number of hydrogen-bond acceptors (Lipinski definition) is 3. The van der Waals surface area contributed by atoms with Crippen molar-refractivity contribution in [2.45, 2.75) is 50.9 Å². The van der Waals surface area contributed by atoms with Crippen LogP contribution < -0.4 is 5.32 Å². The molecule has 1 aliphatic heterocycles. The average Bonchev–Trinajstić information content (AvgIpc) is 2.46. The van der Waals surface area contributed by atoms with Crippen molar-refractivity contribution >= 4 is 0 Å². The van der Waals surface area contributed by atoms with Crippen molar-refractivity contribution < 1.29 is 9.84 Å². The van der Waals surface area contributed by atoms with E-state index in [0.29, 0.717) is 18.7 Å². The van der Waals surface area contributed by atoms with E-state index in [4.69, 9.17) is 4.74 Å². The minimum atomic E-state index is -0.423. The molecule has 3 atom stereocenters. The Bertz CT molecular complexity index is 353. The van der Waals surface area contributed by atoms with E-state index in [1.165, 1.54) is 6.42 Å². The maximum Gasteiger partial charge on any atom is 0.0914 e. The minimum absolute atomic E-state index is 0.394. The largest absolute Gasteiger partial charge is 0.387 e. The first kappa shape index (κ1) is 14.5. The molecule has 0 aliphatic carbocycles. The number of benzene rings is 1. The first-order chi connectivity index (χ1) is 9.29. The summed E-state index contributed by atoms with van der Waals surface area (Å²) in [5.41, 5.74) is 0.979. The molecule has 2 rings (SSSR count). The molecule has 0 spiro atoms. The van der Waals surface area contributed by atoms with Crippen LogP contribution in [0.2, 0.25) is 0 Å². The van der Waals surface area contributed by atoms with E-state index < -0.39 is 6.10 Å². The summed E-state index contributed by atoms with van der Waals surface area (Å²) >= 11 is 0. The Balaban J connectivity index is 1.75. The third kappa shape index (κ3) is 4.60. The van der Waals surface area contributed by atoms with Gasteiger partial charge in [0.2, 0.25) is 0 Å². The SMILES string of the molecule is CCCC1CC(NCC(O)c2ccccc2)CCO1. The Morgan fingerprint density at radius 2 is 2.16 bits per heavy atom. The zero-order valence-corrected chi connectivity index (χ0v) is 11.7. The Hall–Kier alpha value is -0.900. The van der Waals surface area contributed by atoms with Crippen molar-refractivity contribution in [2.24, 2.45) is 0 Å². The smallest absolute Gasteiger partial charge is 0.0914 e. The quantitative estimate of drug-likeness (QED) is 0.829. The first-order valence-electron chi connectivity index (χ1n) is 7.37. The second-order valence-electron chi connectivity index (χ2n) is 5.34. The third-order valence-corrected chi connectivity index (χ3v) is 3.76. The lowest BCUT2D eigenvalue weighted by atomic mass is 9.99. The van der Waals surface area contributed by atoms with Crippen molar-refractivity contribution in [2.75, 3.05) is 13.2 Å². The number of hydrogen-bond donors (Lipinski definition) is 2. The predicted molar refractivity (Wildman–Crippen MR) is 77.1 cm³/mol. The maximum absolute atomic E-state index is 10.1. The number of rotatable bonds is 6. The first-order valence-corrected chi connectivity index (χ1v) is 7.37. The standard InChI is InChI=1S/C16H25NO2/c1-2-6-15-11-14(9-10-19-15)17-12-16(18)13-7-4-3-5-8-13/h3-5,7-8,14-18H,2,6,9-12H2,1H3. The van der Waals surface area contributed by atoms with Crippen LogP contribution in [0.3, 0.4) is 0 Å². The Morgan fingerprint density at radius 3 is 2.89 bits per heavy atom. The van der Waals surface area contributed by atoms with E-state index in [1.807, 2.05) is 30.3 Å². The van der Waals surface area contributed by atoms with Gasteiger partial charge in [0, 0.05) is 19.2 Å². The van der Waals surface area contributed by atoms with Gasteiger partial charge < -0.3 is 15.2 Å². The maximum atomic E-state index is 10.1. The van der Waals surface area contributed by atoms with Gasteiger partial charge in [-0.2, -0.15) is 0 Å². The molecule has 1 saturated heterocycles. The van der Waals surface area contributed by atoms with Crippen LogP contribution in [0.5, 0.6) is 0 Å². The highest BCUT2D eigenvalue weighted by atomic mass is 16.5. The Labute approximate surface area is 116 Å². The van der Waals surface area contributed by atoms with Gasteiger partial charge in [0.25, 0.3) is 0 Å². The van der Waals surface area contributed by atoms with Gasteiger partial charge in [-0.25, -0.2) is 0 Å². The molecule has 0 aromatic heterocycles. The van der Waals surface area contributed by atoms with E-state index in [-0.39, 0.29) is 0 Å². The van der Waals surface area contributed by atoms with Gasteiger partial charge in [-0.1, -0.05) is 43.7 Å². The molecule has 0 bridgehead atoms. The molecule has 1 aromatic rings. The lowest BCUT2D eigenvalue weighted by molar-refractivity contribution is -0.00507. The van der Waals surface area contributed by atoms with Crippen LogP contribution in [-0.2, 0) is 4.74 Å². The summed E-state index contributed by atoms with van der Waals surface area (Å²) < 4.78 is 5.74. The van der Waals surface area contributed by atoms with Crippen LogP contribution in [0.1, 0.15) is 44.3 Å². The van der Waals surface area contributed by atoms with Crippen LogP contribution in [-0.4, -0.2) is 30.4 Å². The molecular formula is C16H25NO2. The topological polar surface area (TPSA) is 41.5 Å². The summed E-state index contributed by atoms with van der Waals surface area (Å²) in [6.45, 7) is 3.65. The highest BCUT2D eigenvalue weighted by Gasteiger charge is 2.22. The molecule has 19 heavy (non-hydrogen) atoms. The van der Waals surface area contributed by atoms with Gasteiger partial charge in [0.1, 0.15) is 0 Å². The lowest BCUT2D eigenvalue weighted by Gasteiger charge is -2.30. The molecule has 1 aromatic carbocycles. The summed E-state index contributed by atoms with van der Waals surface area (Å²) in [6.07, 6.45) is 4.39. The number of aliphatic hydroxyl groups excluding tert-OH is 1. The monoisotopic (exact) mass is 263 g/mol. The van der Waals surface area contributed by atoms with E-state index in [2.05, 4.69) is 12.2 Å². The molecule has 1 fully saturated rings. The second-order valence-corrected chi connectivity index (χ2v) is 5.34. The van der Waals surface area contributed by atoms with Gasteiger partial charge in [-0.05, 0) is 24.8 Å². The third-order valence-electron chi connectivity index (χ3n) is 3.76. The fraction of sp³-hybridized carbons (Fsp3) is 0.625. The molecule has 0 amide bonds. The van der Waals surface area contributed by atoms with Crippen molar-refractivity contribution in [3.05, 3.63) is 35.9 Å². The van der Waals surface area contributed by atoms with Crippen LogP contribution >= 0.6 is 0 Å². The summed E-state index contributed by atoms with van der Waals surface area (Å²) in [5, 5.41) is 13.6. The highest BCUT2D eigenvalue weighted by Crippen LogP contribution is 2.19. The van der Waals surface area contributed by atoms with Crippen molar-refractivity contribution in [1.82, 2.24) is 5.32 Å². The Kier molecular flexibility index (Phi) is 5.83. The van der Waals surface area contributed by atoms with Crippen molar-refractivity contribution in [3.8, 4) is 0 Å². The average molecular weight is 263 g/mol. The van der Waals surface area contributed by atoms with Crippen LogP contribution in [0.15, 0.2) is 30.3 Å². The van der Waals surface area contributed by atoms with E-state index in [0.717, 1.165) is 31.4 Å². The van der Waals surface area contributed by atoms with Gasteiger partial charge in [0.05, 0.1) is 12.2 Å². The van der Waals surface area contributed by atoms with Gasteiger partial charge in [-0.3, -0.25) is 0 Å². The summed E-state index contributed by atoms with van der Waals surface area (Å²) in [6, 6.07) is 10.3. The molecule has 0 saturated carbocycles. The van der Waals surface area contributed by atoms with Gasteiger partial charge in [-0.15, -0.1) is 0 Å². The molecule has 0 radical (unpaired) electrons. The van der Waals surface area contributed by atoms with Gasteiger partial charge in [0.15, 0.2) is 0 Å². The van der Waals surface area contributed by atoms with Crippen LogP contribution in [0, 0.1) is 0 Å². The number of nitrogens with one attached hydrogen (secondary N) is 1.